The average molecular weight is 337 g/mol. The highest BCUT2D eigenvalue weighted by molar-refractivity contribution is 5.84. The Hall–Kier alpha value is -2.59. The molecule has 0 bridgehead atoms. The normalized spacial score (nSPS) is 11.4. The molecular weight excluding hydrogens is 314 g/mol. The largest absolute Gasteiger partial charge is 0.508 e. The molecule has 0 saturated carbocycles. The SMILES string of the molecule is CCc1ccc(CN(C)Cc2cc(=O)oc3c(C)c(O)ccc23)cc1. The molecule has 25 heavy (non-hydrogen) atoms. The Kier molecular flexibility index (Phi) is 4.91. The molecule has 4 nitrogen and oxygen atoms in total. The van der Waals surface area contributed by atoms with Gasteiger partial charge >= 0.3 is 5.63 Å². The lowest BCUT2D eigenvalue weighted by molar-refractivity contribution is 0.319. The Labute approximate surface area is 147 Å². The van der Waals surface area contributed by atoms with E-state index in [1.54, 1.807) is 19.1 Å². The number of phenolic OH excluding ortho intramolecular Hbond substituents is 1. The molecule has 1 heterocycles. The van der Waals surface area contributed by atoms with E-state index in [1.807, 2.05) is 7.05 Å². The highest BCUT2D eigenvalue weighted by atomic mass is 16.4. The van der Waals surface area contributed by atoms with Crippen molar-refractivity contribution in [2.75, 3.05) is 7.05 Å². The zero-order valence-electron chi connectivity index (χ0n) is 14.9. The van der Waals surface area contributed by atoms with Crippen LogP contribution >= 0.6 is 0 Å². The van der Waals surface area contributed by atoms with E-state index >= 15 is 0 Å². The van der Waals surface area contributed by atoms with Crippen molar-refractivity contribution in [3.63, 3.8) is 0 Å². The van der Waals surface area contributed by atoms with E-state index in [-0.39, 0.29) is 5.75 Å². The Morgan fingerprint density at radius 2 is 1.72 bits per heavy atom. The summed E-state index contributed by atoms with van der Waals surface area (Å²) in [4.78, 5) is 14.1. The van der Waals surface area contributed by atoms with Crippen molar-refractivity contribution in [3.8, 4) is 5.75 Å². The van der Waals surface area contributed by atoms with Crippen LogP contribution in [0.4, 0.5) is 0 Å². The maximum atomic E-state index is 11.9. The number of aryl methyl sites for hydroxylation is 2. The first-order valence-electron chi connectivity index (χ1n) is 8.49. The number of hydrogen-bond donors (Lipinski definition) is 1. The third-order valence-electron chi connectivity index (χ3n) is 4.54. The van der Waals surface area contributed by atoms with Gasteiger partial charge in [-0.15, -0.1) is 0 Å². The molecule has 3 aromatic rings. The van der Waals surface area contributed by atoms with Gasteiger partial charge in [0, 0.05) is 30.1 Å². The van der Waals surface area contributed by atoms with Gasteiger partial charge in [0.2, 0.25) is 0 Å². The summed E-state index contributed by atoms with van der Waals surface area (Å²) in [5, 5.41) is 10.7. The minimum Gasteiger partial charge on any atom is -0.508 e. The minimum absolute atomic E-state index is 0.136. The van der Waals surface area contributed by atoms with Gasteiger partial charge in [-0.05, 0) is 49.2 Å². The molecule has 0 fully saturated rings. The number of benzene rings is 2. The van der Waals surface area contributed by atoms with Crippen molar-refractivity contribution in [2.24, 2.45) is 0 Å². The first kappa shape index (κ1) is 17.2. The number of rotatable bonds is 5. The van der Waals surface area contributed by atoms with Gasteiger partial charge in [-0.25, -0.2) is 4.79 Å². The maximum absolute atomic E-state index is 11.9. The fourth-order valence-electron chi connectivity index (χ4n) is 3.09. The predicted octanol–water partition coefficient (Wildman–Crippen LogP) is 4.00. The van der Waals surface area contributed by atoms with Crippen LogP contribution in [-0.4, -0.2) is 17.1 Å². The highest BCUT2D eigenvalue weighted by Gasteiger charge is 2.12. The van der Waals surface area contributed by atoms with Crippen LogP contribution in [0.3, 0.4) is 0 Å². The Morgan fingerprint density at radius 3 is 2.40 bits per heavy atom. The molecule has 0 atom stereocenters. The van der Waals surface area contributed by atoms with E-state index in [9.17, 15) is 9.90 Å². The highest BCUT2D eigenvalue weighted by Crippen LogP contribution is 2.28. The second-order valence-electron chi connectivity index (χ2n) is 6.52. The lowest BCUT2D eigenvalue weighted by Gasteiger charge is -2.18. The Morgan fingerprint density at radius 1 is 1.04 bits per heavy atom. The first-order valence-corrected chi connectivity index (χ1v) is 8.49. The standard InChI is InChI=1S/C21H23NO3/c1-4-15-5-7-16(8-6-15)12-22(3)13-17-11-20(24)25-21-14(2)19(23)10-9-18(17)21/h5-11,23H,4,12-13H2,1-3H3. The van der Waals surface area contributed by atoms with Gasteiger partial charge in [-0.2, -0.15) is 0 Å². The minimum atomic E-state index is -0.392. The molecule has 0 amide bonds. The summed E-state index contributed by atoms with van der Waals surface area (Å²) in [6.45, 7) is 5.32. The molecule has 0 aliphatic heterocycles. The molecule has 0 aliphatic rings. The lowest BCUT2D eigenvalue weighted by Crippen LogP contribution is -2.18. The molecule has 130 valence electrons. The van der Waals surface area contributed by atoms with E-state index < -0.39 is 5.63 Å². The zero-order valence-corrected chi connectivity index (χ0v) is 14.9. The molecule has 0 spiro atoms. The molecule has 0 saturated heterocycles. The van der Waals surface area contributed by atoms with Crippen molar-refractivity contribution in [1.29, 1.82) is 0 Å². The summed E-state index contributed by atoms with van der Waals surface area (Å²) in [6.07, 6.45) is 1.04. The summed E-state index contributed by atoms with van der Waals surface area (Å²) >= 11 is 0. The van der Waals surface area contributed by atoms with Gasteiger partial charge in [-0.3, -0.25) is 4.90 Å². The number of fused-ring (bicyclic) bond motifs is 1. The van der Waals surface area contributed by atoms with Crippen LogP contribution in [0.2, 0.25) is 0 Å². The van der Waals surface area contributed by atoms with Crippen LogP contribution in [0, 0.1) is 6.92 Å². The molecule has 0 aliphatic carbocycles. The summed E-state index contributed by atoms with van der Waals surface area (Å²) < 4.78 is 5.31. The second-order valence-corrected chi connectivity index (χ2v) is 6.52. The summed E-state index contributed by atoms with van der Waals surface area (Å²) in [7, 11) is 2.03. The first-order chi connectivity index (χ1) is 12.0. The number of nitrogens with zero attached hydrogens (tertiary/aromatic N) is 1. The molecule has 0 unspecified atom stereocenters. The number of hydrogen-bond acceptors (Lipinski definition) is 4. The Balaban J connectivity index is 1.86. The quantitative estimate of drug-likeness (QED) is 0.715. The lowest BCUT2D eigenvalue weighted by atomic mass is 10.1. The third-order valence-corrected chi connectivity index (χ3v) is 4.54. The predicted molar refractivity (Wildman–Crippen MR) is 99.9 cm³/mol. The van der Waals surface area contributed by atoms with Crippen molar-refractivity contribution < 1.29 is 9.52 Å². The Bertz CT molecular complexity index is 942. The van der Waals surface area contributed by atoms with E-state index in [2.05, 4.69) is 36.1 Å². The van der Waals surface area contributed by atoms with Crippen LogP contribution in [0.25, 0.3) is 11.0 Å². The maximum Gasteiger partial charge on any atom is 0.336 e. The summed E-state index contributed by atoms with van der Waals surface area (Å²) in [6, 6.07) is 13.6. The van der Waals surface area contributed by atoms with Crippen LogP contribution in [0.15, 0.2) is 51.7 Å². The van der Waals surface area contributed by atoms with Crippen LogP contribution < -0.4 is 5.63 Å². The molecule has 0 radical (unpaired) electrons. The second kappa shape index (κ2) is 7.11. The van der Waals surface area contributed by atoms with Crippen LogP contribution in [0.1, 0.15) is 29.2 Å². The number of phenols is 1. The van der Waals surface area contributed by atoms with Crippen molar-refractivity contribution in [1.82, 2.24) is 4.90 Å². The van der Waals surface area contributed by atoms with E-state index in [0.29, 0.717) is 17.7 Å². The molecule has 1 N–H and O–H groups in total. The van der Waals surface area contributed by atoms with E-state index in [0.717, 1.165) is 23.9 Å². The van der Waals surface area contributed by atoms with Crippen LogP contribution in [-0.2, 0) is 19.5 Å². The van der Waals surface area contributed by atoms with Gasteiger partial charge < -0.3 is 9.52 Å². The monoisotopic (exact) mass is 337 g/mol. The summed E-state index contributed by atoms with van der Waals surface area (Å²) in [5.74, 6) is 0.136. The fourth-order valence-corrected chi connectivity index (χ4v) is 3.09. The molecular formula is C21H23NO3. The van der Waals surface area contributed by atoms with Gasteiger partial charge in [0.25, 0.3) is 0 Å². The smallest absolute Gasteiger partial charge is 0.336 e. The van der Waals surface area contributed by atoms with Crippen molar-refractivity contribution >= 4 is 11.0 Å². The number of aromatic hydroxyl groups is 1. The average Bonchev–Trinajstić information content (AvgIpc) is 2.59. The zero-order chi connectivity index (χ0) is 18.0. The fraction of sp³-hybridized carbons (Fsp3) is 0.286. The van der Waals surface area contributed by atoms with Crippen molar-refractivity contribution in [3.05, 3.63) is 75.1 Å². The van der Waals surface area contributed by atoms with Gasteiger partial charge in [-0.1, -0.05) is 31.2 Å². The third kappa shape index (κ3) is 3.74. The summed E-state index contributed by atoms with van der Waals surface area (Å²) in [5.41, 5.74) is 4.13. The van der Waals surface area contributed by atoms with Crippen LogP contribution in [0.5, 0.6) is 5.75 Å². The topological polar surface area (TPSA) is 53.7 Å². The molecule has 1 aromatic heterocycles. The van der Waals surface area contributed by atoms with Gasteiger partial charge in [0.15, 0.2) is 0 Å². The van der Waals surface area contributed by atoms with Gasteiger partial charge in [0.05, 0.1) is 0 Å². The van der Waals surface area contributed by atoms with E-state index in [1.165, 1.54) is 17.2 Å². The molecule has 2 aromatic carbocycles. The molecule has 3 rings (SSSR count). The molecule has 4 heteroatoms. The van der Waals surface area contributed by atoms with E-state index in [4.69, 9.17) is 4.42 Å². The van der Waals surface area contributed by atoms with Gasteiger partial charge in [0.1, 0.15) is 11.3 Å². The van der Waals surface area contributed by atoms with Crippen molar-refractivity contribution in [2.45, 2.75) is 33.4 Å².